The minimum atomic E-state index is -0.891. The van der Waals surface area contributed by atoms with Crippen molar-refractivity contribution in [3.05, 3.63) is 29.8 Å². The highest BCUT2D eigenvalue weighted by Crippen LogP contribution is 2.20. The number of rotatable bonds is 5. The smallest absolute Gasteiger partial charge is 0.119 e. The van der Waals surface area contributed by atoms with Crippen molar-refractivity contribution >= 4 is 12.6 Å². The molecule has 0 aliphatic heterocycles. The molecule has 2 N–H and O–H groups in total. The highest BCUT2D eigenvalue weighted by molar-refractivity contribution is 7.80. The molecule has 0 bridgehead atoms. The van der Waals surface area contributed by atoms with Crippen LogP contribution in [0.2, 0.25) is 0 Å². The topological polar surface area (TPSA) is 49.7 Å². The molecular weight excluding hydrogens is 212 g/mol. The zero-order valence-corrected chi connectivity index (χ0v) is 9.52. The Morgan fingerprint density at radius 1 is 1.27 bits per heavy atom. The van der Waals surface area contributed by atoms with E-state index in [1.165, 1.54) is 0 Å². The average molecular weight is 228 g/mol. The number of aliphatic hydroxyl groups excluding tert-OH is 2. The van der Waals surface area contributed by atoms with Gasteiger partial charge in [0.25, 0.3) is 0 Å². The zero-order chi connectivity index (χ0) is 11.3. The van der Waals surface area contributed by atoms with Gasteiger partial charge in [0, 0.05) is 5.75 Å². The first-order valence-corrected chi connectivity index (χ1v) is 5.52. The summed E-state index contributed by atoms with van der Waals surface area (Å²) in [5, 5.41) is 19.1. The third-order valence-electron chi connectivity index (χ3n) is 2.08. The zero-order valence-electron chi connectivity index (χ0n) is 8.63. The normalized spacial score (nSPS) is 14.7. The van der Waals surface area contributed by atoms with Crippen molar-refractivity contribution in [2.75, 3.05) is 12.4 Å². The number of benzene rings is 1. The van der Waals surface area contributed by atoms with Crippen molar-refractivity contribution < 1.29 is 14.9 Å². The molecule has 4 heteroatoms. The number of aliphatic hydroxyl groups is 2. The van der Waals surface area contributed by atoms with Crippen molar-refractivity contribution in [1.29, 1.82) is 0 Å². The van der Waals surface area contributed by atoms with Crippen LogP contribution in [-0.4, -0.2) is 28.7 Å². The summed E-state index contributed by atoms with van der Waals surface area (Å²) in [6.07, 6.45) is -1.73. The van der Waals surface area contributed by atoms with E-state index in [9.17, 15) is 10.2 Å². The maximum absolute atomic E-state index is 9.67. The van der Waals surface area contributed by atoms with E-state index >= 15 is 0 Å². The van der Waals surface area contributed by atoms with E-state index in [0.29, 0.717) is 12.2 Å². The third kappa shape index (κ3) is 3.41. The van der Waals surface area contributed by atoms with Crippen molar-refractivity contribution in [2.24, 2.45) is 0 Å². The number of hydrogen-bond donors (Lipinski definition) is 3. The second kappa shape index (κ2) is 6.00. The van der Waals surface area contributed by atoms with E-state index in [4.69, 9.17) is 4.74 Å². The fraction of sp³-hybridized carbons (Fsp3) is 0.455. The minimum Gasteiger partial charge on any atom is -0.494 e. The largest absolute Gasteiger partial charge is 0.494 e. The van der Waals surface area contributed by atoms with Crippen LogP contribution in [0.1, 0.15) is 18.6 Å². The number of hydrogen-bond acceptors (Lipinski definition) is 4. The Labute approximate surface area is 95.1 Å². The van der Waals surface area contributed by atoms with E-state index in [1.54, 1.807) is 24.3 Å². The molecule has 0 fully saturated rings. The monoisotopic (exact) mass is 228 g/mol. The molecule has 1 aromatic rings. The average Bonchev–Trinajstić information content (AvgIpc) is 2.28. The molecule has 0 heterocycles. The number of ether oxygens (including phenoxy) is 1. The molecule has 0 aliphatic rings. The summed E-state index contributed by atoms with van der Waals surface area (Å²) >= 11 is 3.92. The van der Waals surface area contributed by atoms with Crippen molar-refractivity contribution in [1.82, 2.24) is 0 Å². The lowest BCUT2D eigenvalue weighted by Gasteiger charge is -2.16. The van der Waals surface area contributed by atoms with Crippen LogP contribution in [0, 0.1) is 0 Å². The predicted octanol–water partition coefficient (Wildman–Crippen LogP) is 1.41. The standard InChI is InChI=1S/C11H16O3S/c1-2-14-9-5-3-8(4-6-9)11(13)10(12)7-15/h3-6,10-13,15H,2,7H2,1H3. The summed E-state index contributed by atoms with van der Waals surface area (Å²) < 4.78 is 5.27. The molecular formula is C11H16O3S. The lowest BCUT2D eigenvalue weighted by Crippen LogP contribution is -2.19. The fourth-order valence-electron chi connectivity index (χ4n) is 1.25. The molecule has 3 nitrogen and oxygen atoms in total. The van der Waals surface area contributed by atoms with Crippen molar-refractivity contribution in [3.63, 3.8) is 0 Å². The van der Waals surface area contributed by atoms with Crippen molar-refractivity contribution in [2.45, 2.75) is 19.1 Å². The minimum absolute atomic E-state index is 0.231. The molecule has 0 amide bonds. The molecule has 0 radical (unpaired) electrons. The molecule has 1 aromatic carbocycles. The fourth-order valence-corrected chi connectivity index (χ4v) is 1.45. The summed E-state index contributed by atoms with van der Waals surface area (Å²) in [6.45, 7) is 2.52. The molecule has 0 aliphatic carbocycles. The van der Waals surface area contributed by atoms with Gasteiger partial charge in [-0.05, 0) is 24.6 Å². The van der Waals surface area contributed by atoms with Gasteiger partial charge in [-0.25, -0.2) is 0 Å². The lowest BCUT2D eigenvalue weighted by atomic mass is 10.1. The molecule has 1 rings (SSSR count). The van der Waals surface area contributed by atoms with Gasteiger partial charge in [0.05, 0.1) is 12.7 Å². The van der Waals surface area contributed by atoms with Gasteiger partial charge in [0.1, 0.15) is 11.9 Å². The van der Waals surface area contributed by atoms with Gasteiger partial charge in [-0.2, -0.15) is 12.6 Å². The molecule has 0 aromatic heterocycles. The molecule has 2 atom stereocenters. The van der Waals surface area contributed by atoms with Crippen LogP contribution in [0.5, 0.6) is 5.75 Å². The van der Waals surface area contributed by atoms with E-state index in [1.807, 2.05) is 6.92 Å². The van der Waals surface area contributed by atoms with Gasteiger partial charge in [0.2, 0.25) is 0 Å². The first-order chi connectivity index (χ1) is 7.19. The van der Waals surface area contributed by atoms with E-state index in [2.05, 4.69) is 12.6 Å². The van der Waals surface area contributed by atoms with Crippen LogP contribution in [-0.2, 0) is 0 Å². The van der Waals surface area contributed by atoms with Gasteiger partial charge in [0.15, 0.2) is 0 Å². The summed E-state index contributed by atoms with van der Waals surface area (Å²) in [6, 6.07) is 7.02. The van der Waals surface area contributed by atoms with Crippen molar-refractivity contribution in [3.8, 4) is 5.75 Å². The van der Waals surface area contributed by atoms with Crippen LogP contribution < -0.4 is 4.74 Å². The molecule has 0 saturated heterocycles. The first-order valence-electron chi connectivity index (χ1n) is 4.88. The molecule has 84 valence electrons. The van der Waals surface area contributed by atoms with Crippen LogP contribution in [0.3, 0.4) is 0 Å². The van der Waals surface area contributed by atoms with Crippen LogP contribution in [0.15, 0.2) is 24.3 Å². The summed E-state index contributed by atoms with van der Waals surface area (Å²) in [4.78, 5) is 0. The van der Waals surface area contributed by atoms with Gasteiger partial charge in [-0.3, -0.25) is 0 Å². The van der Waals surface area contributed by atoms with Gasteiger partial charge in [-0.1, -0.05) is 12.1 Å². The lowest BCUT2D eigenvalue weighted by molar-refractivity contribution is 0.0337. The molecule has 15 heavy (non-hydrogen) atoms. The summed E-state index contributed by atoms with van der Waals surface area (Å²) in [5.74, 6) is 0.989. The highest BCUT2D eigenvalue weighted by atomic mass is 32.1. The summed E-state index contributed by atoms with van der Waals surface area (Å²) in [7, 11) is 0. The molecule has 0 spiro atoms. The Morgan fingerprint density at radius 2 is 1.87 bits per heavy atom. The quantitative estimate of drug-likeness (QED) is 0.668. The third-order valence-corrected chi connectivity index (χ3v) is 2.46. The maximum atomic E-state index is 9.67. The molecule has 0 saturated carbocycles. The van der Waals surface area contributed by atoms with Gasteiger partial charge < -0.3 is 14.9 Å². The maximum Gasteiger partial charge on any atom is 0.119 e. The van der Waals surface area contributed by atoms with E-state index in [0.717, 1.165) is 5.75 Å². The second-order valence-electron chi connectivity index (χ2n) is 3.20. The summed E-state index contributed by atoms with van der Waals surface area (Å²) in [5.41, 5.74) is 0.667. The van der Waals surface area contributed by atoms with E-state index in [-0.39, 0.29) is 5.75 Å². The van der Waals surface area contributed by atoms with Gasteiger partial charge >= 0.3 is 0 Å². The molecule has 2 unspecified atom stereocenters. The van der Waals surface area contributed by atoms with Crippen LogP contribution in [0.25, 0.3) is 0 Å². The Hall–Kier alpha value is -0.710. The first kappa shape index (κ1) is 12.4. The predicted molar refractivity (Wildman–Crippen MR) is 62.4 cm³/mol. The van der Waals surface area contributed by atoms with E-state index < -0.39 is 12.2 Å². The number of thiol groups is 1. The van der Waals surface area contributed by atoms with Crippen LogP contribution >= 0.6 is 12.6 Å². The Bertz CT molecular complexity index is 286. The van der Waals surface area contributed by atoms with Crippen LogP contribution in [0.4, 0.5) is 0 Å². The highest BCUT2D eigenvalue weighted by Gasteiger charge is 2.16. The Morgan fingerprint density at radius 3 is 2.33 bits per heavy atom. The second-order valence-corrected chi connectivity index (χ2v) is 3.56. The Balaban J connectivity index is 2.70. The Kier molecular flexibility index (Phi) is 4.94. The van der Waals surface area contributed by atoms with Gasteiger partial charge in [-0.15, -0.1) is 0 Å². The SMILES string of the molecule is CCOc1ccc(C(O)C(O)CS)cc1.